The van der Waals surface area contributed by atoms with Gasteiger partial charge in [0.25, 0.3) is 0 Å². The minimum absolute atomic E-state index is 0. The van der Waals surface area contributed by atoms with E-state index in [1.54, 1.807) is 32.3 Å². The van der Waals surface area contributed by atoms with Crippen molar-refractivity contribution in [3.05, 3.63) is 28.7 Å². The predicted molar refractivity (Wildman–Crippen MR) is 80.4 cm³/mol. The van der Waals surface area contributed by atoms with Crippen LogP contribution >= 0.6 is 12.4 Å². The highest BCUT2D eigenvalue weighted by molar-refractivity contribution is 5.94. The molecule has 0 aliphatic rings. The molecule has 1 amide bonds. The SMILES string of the molecule is CNCC(C)C(=O)Nc1ccc2oc(=O)n(C)c2c1.Cl. The van der Waals surface area contributed by atoms with Gasteiger partial charge in [0, 0.05) is 25.2 Å². The second-order valence-electron chi connectivity index (χ2n) is 4.56. The number of hydrogen-bond donors (Lipinski definition) is 2. The van der Waals surface area contributed by atoms with E-state index in [1.807, 2.05) is 6.92 Å². The molecule has 7 heteroatoms. The van der Waals surface area contributed by atoms with Gasteiger partial charge in [-0.15, -0.1) is 12.4 Å². The summed E-state index contributed by atoms with van der Waals surface area (Å²) in [4.78, 5) is 23.3. The topological polar surface area (TPSA) is 76.3 Å². The molecule has 2 aromatic rings. The number of nitrogens with zero attached hydrogens (tertiary/aromatic N) is 1. The second-order valence-corrected chi connectivity index (χ2v) is 4.56. The summed E-state index contributed by atoms with van der Waals surface area (Å²) >= 11 is 0. The molecule has 0 aliphatic heterocycles. The lowest BCUT2D eigenvalue weighted by molar-refractivity contribution is -0.119. The predicted octanol–water partition coefficient (Wildman–Crippen LogP) is 1.35. The summed E-state index contributed by atoms with van der Waals surface area (Å²) in [5.41, 5.74) is 1.81. The molecule has 110 valence electrons. The van der Waals surface area contributed by atoms with Gasteiger partial charge in [-0.05, 0) is 25.2 Å². The van der Waals surface area contributed by atoms with Crippen molar-refractivity contribution in [3.8, 4) is 0 Å². The molecule has 1 heterocycles. The summed E-state index contributed by atoms with van der Waals surface area (Å²) in [6, 6.07) is 5.12. The first-order valence-corrected chi connectivity index (χ1v) is 6.08. The Hall–Kier alpha value is -1.79. The number of benzene rings is 1. The van der Waals surface area contributed by atoms with Crippen molar-refractivity contribution >= 4 is 35.1 Å². The van der Waals surface area contributed by atoms with Gasteiger partial charge in [-0.1, -0.05) is 6.92 Å². The minimum Gasteiger partial charge on any atom is -0.408 e. The molecular formula is C13H18ClN3O3. The summed E-state index contributed by atoms with van der Waals surface area (Å²) in [7, 11) is 3.43. The molecule has 0 fully saturated rings. The first-order chi connectivity index (χ1) is 9.02. The summed E-state index contributed by atoms with van der Waals surface area (Å²) < 4.78 is 6.43. The van der Waals surface area contributed by atoms with E-state index in [1.165, 1.54) is 4.57 Å². The summed E-state index contributed by atoms with van der Waals surface area (Å²) in [6.07, 6.45) is 0. The molecule has 1 aromatic carbocycles. The maximum Gasteiger partial charge on any atom is 0.419 e. The Labute approximate surface area is 122 Å². The number of rotatable bonds is 4. The van der Waals surface area contributed by atoms with Crippen LogP contribution in [0.2, 0.25) is 0 Å². The van der Waals surface area contributed by atoms with Gasteiger partial charge in [0.2, 0.25) is 5.91 Å². The third kappa shape index (κ3) is 3.20. The van der Waals surface area contributed by atoms with Crippen LogP contribution in [0.15, 0.2) is 27.4 Å². The van der Waals surface area contributed by atoms with Crippen LogP contribution in [0.5, 0.6) is 0 Å². The normalized spacial score (nSPS) is 11.9. The zero-order chi connectivity index (χ0) is 14.0. The van der Waals surface area contributed by atoms with Crippen molar-refractivity contribution in [2.45, 2.75) is 6.92 Å². The molecule has 0 bridgehead atoms. The first-order valence-electron chi connectivity index (χ1n) is 6.08. The standard InChI is InChI=1S/C13H17N3O3.ClH/c1-8(7-14-2)12(17)15-9-4-5-11-10(6-9)16(3)13(18)19-11;/h4-6,8,14H,7H2,1-3H3,(H,15,17);1H. The molecule has 0 saturated carbocycles. The van der Waals surface area contributed by atoms with Gasteiger partial charge in [-0.3, -0.25) is 9.36 Å². The zero-order valence-corrected chi connectivity index (χ0v) is 12.4. The summed E-state index contributed by atoms with van der Waals surface area (Å²) in [5, 5.41) is 5.77. The van der Waals surface area contributed by atoms with Gasteiger partial charge in [-0.2, -0.15) is 0 Å². The molecule has 2 N–H and O–H groups in total. The molecule has 1 aromatic heterocycles. The van der Waals surface area contributed by atoms with Crippen LogP contribution in [-0.4, -0.2) is 24.1 Å². The van der Waals surface area contributed by atoms with Crippen LogP contribution in [0.25, 0.3) is 11.1 Å². The maximum absolute atomic E-state index is 11.9. The number of aromatic nitrogens is 1. The third-order valence-corrected chi connectivity index (χ3v) is 3.02. The lowest BCUT2D eigenvalue weighted by Crippen LogP contribution is -2.28. The lowest BCUT2D eigenvalue weighted by Gasteiger charge is -2.11. The second kappa shape index (κ2) is 6.58. The highest BCUT2D eigenvalue weighted by Gasteiger charge is 2.13. The molecular weight excluding hydrogens is 282 g/mol. The Morgan fingerprint density at radius 3 is 2.80 bits per heavy atom. The van der Waals surface area contributed by atoms with Gasteiger partial charge in [0.15, 0.2) is 5.58 Å². The average Bonchev–Trinajstić information content (AvgIpc) is 2.66. The summed E-state index contributed by atoms with van der Waals surface area (Å²) in [6.45, 7) is 2.45. The van der Waals surface area contributed by atoms with Gasteiger partial charge < -0.3 is 15.1 Å². The molecule has 0 saturated heterocycles. The minimum atomic E-state index is -0.415. The Bertz CT molecular complexity index is 662. The molecule has 0 spiro atoms. The molecule has 2 rings (SSSR count). The van der Waals surface area contributed by atoms with E-state index in [-0.39, 0.29) is 24.2 Å². The quantitative estimate of drug-likeness (QED) is 0.893. The fraction of sp³-hybridized carbons (Fsp3) is 0.385. The number of hydrogen-bond acceptors (Lipinski definition) is 4. The highest BCUT2D eigenvalue weighted by atomic mass is 35.5. The molecule has 6 nitrogen and oxygen atoms in total. The molecule has 20 heavy (non-hydrogen) atoms. The first kappa shape index (κ1) is 16.3. The fourth-order valence-electron chi connectivity index (χ4n) is 1.87. The van der Waals surface area contributed by atoms with Crippen molar-refractivity contribution in [3.63, 3.8) is 0 Å². The van der Waals surface area contributed by atoms with Crippen molar-refractivity contribution in [2.24, 2.45) is 13.0 Å². The van der Waals surface area contributed by atoms with E-state index in [4.69, 9.17) is 4.42 Å². The highest BCUT2D eigenvalue weighted by Crippen LogP contribution is 2.18. The van der Waals surface area contributed by atoms with Crippen molar-refractivity contribution in [1.82, 2.24) is 9.88 Å². The lowest BCUT2D eigenvalue weighted by atomic mass is 10.1. The Kier molecular flexibility index (Phi) is 5.35. The number of aryl methyl sites for hydroxylation is 1. The molecule has 1 atom stereocenters. The van der Waals surface area contributed by atoms with Crippen molar-refractivity contribution in [1.29, 1.82) is 0 Å². The van der Waals surface area contributed by atoms with Gasteiger partial charge in [0.05, 0.1) is 5.52 Å². The third-order valence-electron chi connectivity index (χ3n) is 3.02. The Balaban J connectivity index is 0.00000200. The number of amides is 1. The average molecular weight is 300 g/mol. The van der Waals surface area contributed by atoms with E-state index in [0.29, 0.717) is 23.3 Å². The van der Waals surface area contributed by atoms with E-state index in [9.17, 15) is 9.59 Å². The van der Waals surface area contributed by atoms with Gasteiger partial charge in [0.1, 0.15) is 0 Å². The Morgan fingerprint density at radius 2 is 2.15 bits per heavy atom. The number of halogens is 1. The monoisotopic (exact) mass is 299 g/mol. The maximum atomic E-state index is 11.9. The van der Waals surface area contributed by atoms with Gasteiger partial charge in [-0.25, -0.2) is 4.79 Å². The number of carbonyl (C=O) groups excluding carboxylic acids is 1. The fourth-order valence-corrected chi connectivity index (χ4v) is 1.87. The van der Waals surface area contributed by atoms with E-state index >= 15 is 0 Å². The zero-order valence-electron chi connectivity index (χ0n) is 11.6. The number of carbonyl (C=O) groups is 1. The number of anilines is 1. The van der Waals surface area contributed by atoms with Crippen molar-refractivity contribution < 1.29 is 9.21 Å². The van der Waals surface area contributed by atoms with E-state index < -0.39 is 5.76 Å². The molecule has 1 unspecified atom stereocenters. The number of fused-ring (bicyclic) bond motifs is 1. The van der Waals surface area contributed by atoms with Crippen molar-refractivity contribution in [2.75, 3.05) is 18.9 Å². The van der Waals surface area contributed by atoms with Crippen LogP contribution in [-0.2, 0) is 11.8 Å². The molecule has 0 radical (unpaired) electrons. The summed E-state index contributed by atoms with van der Waals surface area (Å²) in [5.74, 6) is -0.613. The largest absolute Gasteiger partial charge is 0.419 e. The van der Waals surface area contributed by atoms with E-state index in [0.717, 1.165) is 0 Å². The van der Waals surface area contributed by atoms with Crippen LogP contribution in [0.3, 0.4) is 0 Å². The number of oxazole rings is 1. The van der Waals surface area contributed by atoms with Crippen LogP contribution in [0.1, 0.15) is 6.92 Å². The Morgan fingerprint density at radius 1 is 1.45 bits per heavy atom. The van der Waals surface area contributed by atoms with E-state index in [2.05, 4.69) is 10.6 Å². The van der Waals surface area contributed by atoms with Crippen LogP contribution in [0.4, 0.5) is 5.69 Å². The van der Waals surface area contributed by atoms with Gasteiger partial charge >= 0.3 is 5.76 Å². The molecule has 0 aliphatic carbocycles. The smallest absolute Gasteiger partial charge is 0.408 e. The van der Waals surface area contributed by atoms with Crippen LogP contribution in [0, 0.1) is 5.92 Å². The van der Waals surface area contributed by atoms with Crippen LogP contribution < -0.4 is 16.4 Å². The number of nitrogens with one attached hydrogen (secondary N) is 2.